The van der Waals surface area contributed by atoms with Gasteiger partial charge in [0.25, 0.3) is 0 Å². The summed E-state index contributed by atoms with van der Waals surface area (Å²) in [5.41, 5.74) is 5.48. The summed E-state index contributed by atoms with van der Waals surface area (Å²) in [5.74, 6) is 0.283. The number of hydrogen-bond acceptors (Lipinski definition) is 2. The highest BCUT2D eigenvalue weighted by atomic mass is 16.1. The molecule has 0 saturated carbocycles. The van der Waals surface area contributed by atoms with E-state index in [1.165, 1.54) is 22.3 Å². The number of carbonyl (C=O) groups excluding carboxylic acids is 1. The molecule has 0 unspecified atom stereocenters. The molecule has 0 atom stereocenters. The lowest BCUT2D eigenvalue weighted by molar-refractivity contribution is -0.117. The summed E-state index contributed by atoms with van der Waals surface area (Å²) in [4.78, 5) is 13.2. The lowest BCUT2D eigenvalue weighted by Crippen LogP contribution is -2.20. The van der Waals surface area contributed by atoms with Crippen molar-refractivity contribution in [1.29, 1.82) is 0 Å². The zero-order valence-corrected chi connectivity index (χ0v) is 12.3. The van der Waals surface area contributed by atoms with E-state index in [0.717, 1.165) is 19.5 Å². The van der Waals surface area contributed by atoms with Crippen molar-refractivity contribution >= 4 is 5.78 Å². The Balaban J connectivity index is 2.59. The van der Waals surface area contributed by atoms with E-state index in [2.05, 4.69) is 44.9 Å². The van der Waals surface area contributed by atoms with Crippen molar-refractivity contribution in [2.45, 2.75) is 47.1 Å². The topological polar surface area (TPSA) is 20.3 Å². The summed E-state index contributed by atoms with van der Waals surface area (Å²) in [6.45, 7) is 10.1. The number of nitrogens with zero attached hydrogens (tertiary/aromatic N) is 1. The van der Waals surface area contributed by atoms with E-state index in [1.54, 1.807) is 6.92 Å². The Labute approximate surface area is 111 Å². The van der Waals surface area contributed by atoms with Crippen molar-refractivity contribution in [2.75, 3.05) is 13.6 Å². The minimum Gasteiger partial charge on any atom is -0.302 e. The van der Waals surface area contributed by atoms with Gasteiger partial charge in [-0.25, -0.2) is 0 Å². The van der Waals surface area contributed by atoms with Crippen LogP contribution in [0.3, 0.4) is 0 Å². The van der Waals surface area contributed by atoms with Crippen LogP contribution in [0.15, 0.2) is 12.1 Å². The van der Waals surface area contributed by atoms with Crippen LogP contribution >= 0.6 is 0 Å². The molecular weight excluding hydrogens is 222 g/mol. The van der Waals surface area contributed by atoms with Gasteiger partial charge in [-0.05, 0) is 64.4 Å². The van der Waals surface area contributed by atoms with E-state index < -0.39 is 0 Å². The first-order valence-electron chi connectivity index (χ1n) is 6.65. The average molecular weight is 247 g/mol. The first-order valence-corrected chi connectivity index (χ1v) is 6.65. The van der Waals surface area contributed by atoms with Crippen LogP contribution in [0.25, 0.3) is 0 Å². The summed E-state index contributed by atoms with van der Waals surface area (Å²) in [6, 6.07) is 4.48. The fourth-order valence-corrected chi connectivity index (χ4v) is 2.41. The van der Waals surface area contributed by atoms with E-state index in [-0.39, 0.29) is 5.78 Å². The number of ketones is 1. The molecule has 0 aliphatic carbocycles. The van der Waals surface area contributed by atoms with Crippen LogP contribution in [0.5, 0.6) is 0 Å². The predicted octanol–water partition coefficient (Wildman–Crippen LogP) is 3.41. The fourth-order valence-electron chi connectivity index (χ4n) is 2.41. The maximum absolute atomic E-state index is 10.9. The number of aryl methyl sites for hydroxylation is 3. The molecule has 0 fully saturated rings. The summed E-state index contributed by atoms with van der Waals surface area (Å²) in [7, 11) is 2.12. The second kappa shape index (κ2) is 6.69. The van der Waals surface area contributed by atoms with E-state index >= 15 is 0 Å². The van der Waals surface area contributed by atoms with Crippen LogP contribution in [0, 0.1) is 20.8 Å². The molecular formula is C16H25NO. The standard InChI is InChI=1S/C16H25NO/c1-12-9-13(2)16(14(3)10-12)11-17(5)8-6-7-15(4)18/h9-10H,6-8,11H2,1-5H3. The third-order valence-corrected chi connectivity index (χ3v) is 3.34. The largest absolute Gasteiger partial charge is 0.302 e. The molecule has 0 spiro atoms. The normalized spacial score (nSPS) is 11.0. The number of Topliss-reactive ketones (excluding diaryl/α,β-unsaturated/α-hetero) is 1. The minimum atomic E-state index is 0.283. The Morgan fingerprint density at radius 1 is 1.17 bits per heavy atom. The second-order valence-electron chi connectivity index (χ2n) is 5.42. The van der Waals surface area contributed by atoms with Gasteiger partial charge in [-0.2, -0.15) is 0 Å². The molecule has 2 heteroatoms. The maximum atomic E-state index is 10.9. The zero-order valence-electron chi connectivity index (χ0n) is 12.3. The van der Waals surface area contributed by atoms with Gasteiger partial charge >= 0.3 is 0 Å². The van der Waals surface area contributed by atoms with Gasteiger partial charge in [0.2, 0.25) is 0 Å². The molecule has 1 aromatic rings. The summed E-state index contributed by atoms with van der Waals surface area (Å²) in [5, 5.41) is 0. The lowest BCUT2D eigenvalue weighted by atomic mass is 9.99. The van der Waals surface area contributed by atoms with Gasteiger partial charge in [-0.15, -0.1) is 0 Å². The summed E-state index contributed by atoms with van der Waals surface area (Å²) >= 11 is 0. The maximum Gasteiger partial charge on any atom is 0.129 e. The van der Waals surface area contributed by atoms with Gasteiger partial charge < -0.3 is 9.69 Å². The first kappa shape index (κ1) is 14.9. The summed E-state index contributed by atoms with van der Waals surface area (Å²) < 4.78 is 0. The predicted molar refractivity (Wildman–Crippen MR) is 76.9 cm³/mol. The van der Waals surface area contributed by atoms with Crippen LogP contribution in [0.2, 0.25) is 0 Å². The monoisotopic (exact) mass is 247 g/mol. The SMILES string of the molecule is CC(=O)CCCN(C)Cc1c(C)cc(C)cc1C. The van der Waals surface area contributed by atoms with E-state index in [9.17, 15) is 4.79 Å². The number of benzene rings is 1. The number of hydrogen-bond donors (Lipinski definition) is 0. The average Bonchev–Trinajstić information content (AvgIpc) is 2.22. The Morgan fingerprint density at radius 3 is 2.22 bits per heavy atom. The van der Waals surface area contributed by atoms with Gasteiger partial charge in [-0.3, -0.25) is 0 Å². The van der Waals surface area contributed by atoms with Crippen LogP contribution < -0.4 is 0 Å². The van der Waals surface area contributed by atoms with E-state index in [1.807, 2.05) is 0 Å². The Hall–Kier alpha value is -1.15. The molecule has 0 bridgehead atoms. The van der Waals surface area contributed by atoms with Crippen LogP contribution in [0.4, 0.5) is 0 Å². The molecule has 1 rings (SSSR count). The molecule has 100 valence electrons. The molecule has 0 aliphatic rings. The van der Waals surface area contributed by atoms with Gasteiger partial charge in [0, 0.05) is 13.0 Å². The van der Waals surface area contributed by atoms with Gasteiger partial charge in [0.1, 0.15) is 5.78 Å². The van der Waals surface area contributed by atoms with Gasteiger partial charge in [0.15, 0.2) is 0 Å². The van der Waals surface area contributed by atoms with E-state index in [4.69, 9.17) is 0 Å². The number of rotatable bonds is 6. The fraction of sp³-hybridized carbons (Fsp3) is 0.562. The highest BCUT2D eigenvalue weighted by Crippen LogP contribution is 2.18. The molecule has 0 heterocycles. The van der Waals surface area contributed by atoms with Crippen molar-refractivity contribution in [3.63, 3.8) is 0 Å². The van der Waals surface area contributed by atoms with Crippen LogP contribution in [-0.4, -0.2) is 24.3 Å². The second-order valence-corrected chi connectivity index (χ2v) is 5.42. The van der Waals surface area contributed by atoms with E-state index in [0.29, 0.717) is 6.42 Å². The van der Waals surface area contributed by atoms with Crippen LogP contribution in [0.1, 0.15) is 42.0 Å². The Bertz CT molecular complexity index is 400. The van der Waals surface area contributed by atoms with Crippen molar-refractivity contribution in [1.82, 2.24) is 4.90 Å². The molecule has 0 amide bonds. The molecule has 1 aromatic carbocycles. The van der Waals surface area contributed by atoms with Crippen molar-refractivity contribution in [3.8, 4) is 0 Å². The smallest absolute Gasteiger partial charge is 0.129 e. The lowest BCUT2D eigenvalue weighted by Gasteiger charge is -2.20. The molecule has 0 aromatic heterocycles. The third-order valence-electron chi connectivity index (χ3n) is 3.34. The van der Waals surface area contributed by atoms with Gasteiger partial charge in [-0.1, -0.05) is 17.7 Å². The highest BCUT2D eigenvalue weighted by Gasteiger charge is 2.07. The highest BCUT2D eigenvalue weighted by molar-refractivity contribution is 5.75. The third kappa shape index (κ3) is 4.61. The molecule has 0 radical (unpaired) electrons. The van der Waals surface area contributed by atoms with Crippen molar-refractivity contribution in [2.24, 2.45) is 0 Å². The molecule has 0 aliphatic heterocycles. The van der Waals surface area contributed by atoms with Gasteiger partial charge in [0.05, 0.1) is 0 Å². The van der Waals surface area contributed by atoms with Crippen LogP contribution in [-0.2, 0) is 11.3 Å². The molecule has 2 nitrogen and oxygen atoms in total. The quantitative estimate of drug-likeness (QED) is 0.767. The Kier molecular flexibility index (Phi) is 5.54. The molecule has 0 N–H and O–H groups in total. The zero-order chi connectivity index (χ0) is 13.7. The Morgan fingerprint density at radius 2 is 1.72 bits per heavy atom. The summed E-state index contributed by atoms with van der Waals surface area (Å²) in [6.07, 6.45) is 1.64. The first-order chi connectivity index (χ1) is 8.40. The number of carbonyl (C=O) groups is 1. The molecule has 18 heavy (non-hydrogen) atoms. The van der Waals surface area contributed by atoms with Crippen molar-refractivity contribution < 1.29 is 4.79 Å². The minimum absolute atomic E-state index is 0.283. The molecule has 0 saturated heterocycles. The van der Waals surface area contributed by atoms with Crippen molar-refractivity contribution in [3.05, 3.63) is 34.4 Å².